The van der Waals surface area contributed by atoms with Crippen molar-refractivity contribution in [2.75, 3.05) is 0 Å². The van der Waals surface area contributed by atoms with Crippen LogP contribution in [0.2, 0.25) is 0 Å². The van der Waals surface area contributed by atoms with Crippen molar-refractivity contribution in [1.82, 2.24) is 0 Å². The molecule has 112 valence electrons. The fraction of sp³-hybridized carbons (Fsp3) is 0.167. The molecule has 0 amide bonds. The number of hydrogen-bond acceptors (Lipinski definition) is 3. The molecule has 4 heteroatoms. The van der Waals surface area contributed by atoms with Gasteiger partial charge in [0.15, 0.2) is 11.6 Å². The summed E-state index contributed by atoms with van der Waals surface area (Å²) in [5, 5.41) is 8.75. The van der Waals surface area contributed by atoms with Crippen molar-refractivity contribution in [2.45, 2.75) is 19.3 Å². The van der Waals surface area contributed by atoms with Crippen LogP contribution in [0.1, 0.15) is 40.7 Å². The maximum atomic E-state index is 12.6. The van der Waals surface area contributed by atoms with E-state index in [9.17, 15) is 14.4 Å². The van der Waals surface area contributed by atoms with Gasteiger partial charge >= 0.3 is 5.97 Å². The fourth-order valence-corrected chi connectivity index (χ4v) is 2.30. The van der Waals surface area contributed by atoms with Crippen molar-refractivity contribution in [1.29, 1.82) is 0 Å². The highest BCUT2D eigenvalue weighted by Crippen LogP contribution is 2.24. The van der Waals surface area contributed by atoms with E-state index in [2.05, 4.69) is 0 Å². The molecular formula is C18H16O4. The van der Waals surface area contributed by atoms with Crippen molar-refractivity contribution in [2.24, 2.45) is 0 Å². The lowest BCUT2D eigenvalue weighted by atomic mass is 9.88. The van der Waals surface area contributed by atoms with Crippen LogP contribution in [-0.4, -0.2) is 22.6 Å². The zero-order valence-electron chi connectivity index (χ0n) is 12.2. The van der Waals surface area contributed by atoms with Crippen LogP contribution in [0.3, 0.4) is 0 Å². The first-order chi connectivity index (χ1) is 10.5. The van der Waals surface area contributed by atoms with E-state index in [1.807, 2.05) is 6.07 Å². The predicted molar refractivity (Wildman–Crippen MR) is 82.0 cm³/mol. The second-order valence-electron chi connectivity index (χ2n) is 5.04. The minimum absolute atomic E-state index is 0.175. The summed E-state index contributed by atoms with van der Waals surface area (Å²) in [6.07, 6.45) is -0.547. The van der Waals surface area contributed by atoms with Crippen LogP contribution in [0.15, 0.2) is 54.6 Å². The minimum Gasteiger partial charge on any atom is -0.481 e. The second kappa shape index (κ2) is 6.80. The summed E-state index contributed by atoms with van der Waals surface area (Å²) in [6, 6.07) is 15.6. The zero-order valence-corrected chi connectivity index (χ0v) is 12.2. The Morgan fingerprint density at radius 3 is 2.18 bits per heavy atom. The summed E-state index contributed by atoms with van der Waals surface area (Å²) in [6.45, 7) is 1.63. The van der Waals surface area contributed by atoms with Gasteiger partial charge in [-0.1, -0.05) is 61.5 Å². The summed E-state index contributed by atoms with van der Waals surface area (Å²) in [7, 11) is 0. The maximum Gasteiger partial charge on any atom is 0.310 e. The van der Waals surface area contributed by atoms with E-state index in [1.54, 1.807) is 55.5 Å². The molecule has 0 saturated heterocycles. The molecule has 2 rings (SSSR count). The van der Waals surface area contributed by atoms with Crippen LogP contribution < -0.4 is 0 Å². The zero-order chi connectivity index (χ0) is 16.1. The van der Waals surface area contributed by atoms with Gasteiger partial charge in [-0.2, -0.15) is 0 Å². The number of Topliss-reactive ketones (excluding diaryl/α,β-unsaturated/α-hetero) is 1. The SMILES string of the molecule is CC(C(=O)CC(=O)O)c1ccccc1C(=O)c1ccccc1. The van der Waals surface area contributed by atoms with E-state index < -0.39 is 24.1 Å². The smallest absolute Gasteiger partial charge is 0.310 e. The van der Waals surface area contributed by atoms with Crippen LogP contribution in [0.25, 0.3) is 0 Å². The Hall–Kier alpha value is -2.75. The lowest BCUT2D eigenvalue weighted by molar-refractivity contribution is -0.140. The maximum absolute atomic E-state index is 12.6. The molecule has 4 nitrogen and oxygen atoms in total. The molecule has 0 aliphatic heterocycles. The summed E-state index contributed by atoms with van der Waals surface area (Å²) in [5.74, 6) is -2.39. The number of hydrogen-bond donors (Lipinski definition) is 1. The lowest BCUT2D eigenvalue weighted by Crippen LogP contribution is -2.17. The highest BCUT2D eigenvalue weighted by Gasteiger charge is 2.23. The number of ketones is 2. The molecule has 2 aromatic rings. The largest absolute Gasteiger partial charge is 0.481 e. The number of rotatable bonds is 6. The van der Waals surface area contributed by atoms with Gasteiger partial charge in [-0.25, -0.2) is 0 Å². The standard InChI is InChI=1S/C18H16O4/c1-12(16(19)11-17(20)21)14-9-5-6-10-15(14)18(22)13-7-3-2-4-8-13/h2-10,12H,11H2,1H3,(H,20,21). The molecule has 0 fully saturated rings. The molecule has 0 aromatic heterocycles. The Morgan fingerprint density at radius 1 is 0.955 bits per heavy atom. The Labute approximate surface area is 128 Å². The van der Waals surface area contributed by atoms with Crippen LogP contribution in [-0.2, 0) is 9.59 Å². The molecule has 0 aliphatic rings. The Bertz CT molecular complexity index is 704. The van der Waals surface area contributed by atoms with E-state index in [4.69, 9.17) is 5.11 Å². The summed E-state index contributed by atoms with van der Waals surface area (Å²) in [4.78, 5) is 35.3. The summed E-state index contributed by atoms with van der Waals surface area (Å²) in [5.41, 5.74) is 1.52. The minimum atomic E-state index is -1.16. The van der Waals surface area contributed by atoms with Gasteiger partial charge in [0.05, 0.1) is 0 Å². The van der Waals surface area contributed by atoms with Crippen LogP contribution in [0.4, 0.5) is 0 Å². The Morgan fingerprint density at radius 2 is 1.55 bits per heavy atom. The van der Waals surface area contributed by atoms with Gasteiger partial charge in [-0.3, -0.25) is 14.4 Å². The molecule has 0 saturated carbocycles. The third-order valence-electron chi connectivity index (χ3n) is 3.52. The molecule has 0 spiro atoms. The van der Waals surface area contributed by atoms with Gasteiger partial charge in [0, 0.05) is 17.0 Å². The monoisotopic (exact) mass is 296 g/mol. The first-order valence-electron chi connectivity index (χ1n) is 6.94. The molecule has 0 bridgehead atoms. The average Bonchev–Trinajstić information content (AvgIpc) is 2.53. The van der Waals surface area contributed by atoms with Crippen molar-refractivity contribution in [3.63, 3.8) is 0 Å². The summed E-state index contributed by atoms with van der Waals surface area (Å²) >= 11 is 0. The van der Waals surface area contributed by atoms with Gasteiger partial charge in [-0.15, -0.1) is 0 Å². The third-order valence-corrected chi connectivity index (χ3v) is 3.52. The van der Waals surface area contributed by atoms with Gasteiger partial charge in [0.1, 0.15) is 6.42 Å². The highest BCUT2D eigenvalue weighted by atomic mass is 16.4. The van der Waals surface area contributed by atoms with E-state index in [-0.39, 0.29) is 5.78 Å². The molecule has 1 atom stereocenters. The first-order valence-corrected chi connectivity index (χ1v) is 6.94. The number of carboxylic acid groups (broad SMARTS) is 1. The van der Waals surface area contributed by atoms with Crippen LogP contribution in [0, 0.1) is 0 Å². The molecule has 1 N–H and O–H groups in total. The molecule has 0 aliphatic carbocycles. The Balaban J connectivity index is 2.37. The van der Waals surface area contributed by atoms with Crippen molar-refractivity contribution in [3.8, 4) is 0 Å². The van der Waals surface area contributed by atoms with E-state index in [0.29, 0.717) is 16.7 Å². The predicted octanol–water partition coefficient (Wildman–Crippen LogP) is 3.06. The highest BCUT2D eigenvalue weighted by molar-refractivity contribution is 6.11. The number of benzene rings is 2. The lowest BCUT2D eigenvalue weighted by Gasteiger charge is -2.14. The number of carbonyl (C=O) groups excluding carboxylic acids is 2. The van der Waals surface area contributed by atoms with Gasteiger partial charge in [0.25, 0.3) is 0 Å². The molecule has 22 heavy (non-hydrogen) atoms. The van der Waals surface area contributed by atoms with Crippen LogP contribution >= 0.6 is 0 Å². The first kappa shape index (κ1) is 15.6. The second-order valence-corrected chi connectivity index (χ2v) is 5.04. The molecule has 1 unspecified atom stereocenters. The molecule has 0 heterocycles. The summed E-state index contributed by atoms with van der Waals surface area (Å²) < 4.78 is 0. The normalized spacial score (nSPS) is 11.7. The van der Waals surface area contributed by atoms with E-state index >= 15 is 0 Å². The fourth-order valence-electron chi connectivity index (χ4n) is 2.30. The van der Waals surface area contributed by atoms with Crippen molar-refractivity contribution < 1.29 is 19.5 Å². The van der Waals surface area contributed by atoms with Crippen molar-refractivity contribution >= 4 is 17.5 Å². The van der Waals surface area contributed by atoms with Gasteiger partial charge < -0.3 is 5.11 Å². The van der Waals surface area contributed by atoms with Crippen molar-refractivity contribution in [3.05, 3.63) is 71.3 Å². The quantitative estimate of drug-likeness (QED) is 0.657. The molecule has 2 aromatic carbocycles. The van der Waals surface area contributed by atoms with Crippen LogP contribution in [0.5, 0.6) is 0 Å². The number of carbonyl (C=O) groups is 3. The molecule has 0 radical (unpaired) electrons. The number of carboxylic acids is 1. The Kier molecular flexibility index (Phi) is 4.84. The van der Waals surface area contributed by atoms with Gasteiger partial charge in [0.2, 0.25) is 0 Å². The average molecular weight is 296 g/mol. The third kappa shape index (κ3) is 3.47. The van der Waals surface area contributed by atoms with E-state index in [1.165, 1.54) is 0 Å². The van der Waals surface area contributed by atoms with E-state index in [0.717, 1.165) is 0 Å². The molecular weight excluding hydrogens is 280 g/mol. The number of aliphatic carboxylic acids is 1. The van der Waals surface area contributed by atoms with Gasteiger partial charge in [-0.05, 0) is 5.56 Å². The topological polar surface area (TPSA) is 71.4 Å².